The second-order valence-corrected chi connectivity index (χ2v) is 7.31. The maximum Gasteiger partial charge on any atom is 0.414 e. The molecule has 11 heteroatoms. The predicted molar refractivity (Wildman–Crippen MR) is 111 cm³/mol. The number of methoxy groups -OCH3 is 2. The van der Waals surface area contributed by atoms with Crippen molar-refractivity contribution >= 4 is 29.7 Å². The lowest BCUT2D eigenvalue weighted by molar-refractivity contribution is -0.142. The van der Waals surface area contributed by atoms with E-state index < -0.39 is 12.2 Å². The summed E-state index contributed by atoms with van der Waals surface area (Å²) >= 11 is 0. The first-order chi connectivity index (χ1) is 14.9. The molecular formula is C20H27N5O6. The summed E-state index contributed by atoms with van der Waals surface area (Å²) in [6.45, 7) is 4.43. The molecule has 0 aliphatic carbocycles. The van der Waals surface area contributed by atoms with Crippen LogP contribution in [0.25, 0.3) is 0 Å². The van der Waals surface area contributed by atoms with Gasteiger partial charge in [0.25, 0.3) is 0 Å². The number of cyclic esters (lactones) is 1. The van der Waals surface area contributed by atoms with Gasteiger partial charge in [0.1, 0.15) is 11.9 Å². The van der Waals surface area contributed by atoms with Crippen molar-refractivity contribution in [2.45, 2.75) is 6.10 Å². The van der Waals surface area contributed by atoms with Crippen LogP contribution < -0.4 is 10.2 Å². The summed E-state index contributed by atoms with van der Waals surface area (Å²) < 4.78 is 14.7. The molecule has 1 aromatic rings. The molecule has 0 spiro atoms. The number of ether oxygens (including phenoxy) is 3. The van der Waals surface area contributed by atoms with Crippen LogP contribution >= 0.6 is 0 Å². The Labute approximate surface area is 180 Å². The Kier molecular flexibility index (Phi) is 7.42. The van der Waals surface area contributed by atoms with E-state index in [4.69, 9.17) is 14.9 Å². The van der Waals surface area contributed by atoms with Gasteiger partial charge in [-0.15, -0.1) is 0 Å². The normalized spacial score (nSPS) is 19.6. The van der Waals surface area contributed by atoms with Gasteiger partial charge in [-0.2, -0.15) is 0 Å². The van der Waals surface area contributed by atoms with Crippen LogP contribution in [-0.2, 0) is 19.0 Å². The zero-order valence-corrected chi connectivity index (χ0v) is 17.6. The monoisotopic (exact) mass is 433 g/mol. The molecule has 0 radical (unpaired) electrons. The highest BCUT2D eigenvalue weighted by Crippen LogP contribution is 2.23. The van der Waals surface area contributed by atoms with E-state index in [1.54, 1.807) is 29.2 Å². The number of benzene rings is 1. The number of hydrogen-bond donors (Lipinski definition) is 2. The van der Waals surface area contributed by atoms with E-state index in [1.807, 2.05) is 4.90 Å². The van der Waals surface area contributed by atoms with Crippen LogP contribution in [-0.4, -0.2) is 99.9 Å². The summed E-state index contributed by atoms with van der Waals surface area (Å²) in [6, 6.07) is 6.71. The van der Waals surface area contributed by atoms with Crippen molar-refractivity contribution < 1.29 is 28.6 Å². The van der Waals surface area contributed by atoms with Crippen molar-refractivity contribution in [2.75, 3.05) is 64.9 Å². The fourth-order valence-corrected chi connectivity index (χ4v) is 3.53. The zero-order valence-electron chi connectivity index (χ0n) is 17.6. The Hall–Kier alpha value is -3.18. The molecule has 2 N–H and O–H groups in total. The van der Waals surface area contributed by atoms with E-state index in [0.29, 0.717) is 30.9 Å². The van der Waals surface area contributed by atoms with Crippen molar-refractivity contribution in [3.8, 4) is 0 Å². The molecule has 1 aromatic carbocycles. The van der Waals surface area contributed by atoms with Crippen LogP contribution in [0.5, 0.6) is 0 Å². The summed E-state index contributed by atoms with van der Waals surface area (Å²) in [5.41, 5.74) is 1.15. The molecule has 168 valence electrons. The maximum absolute atomic E-state index is 12.3. The molecule has 11 nitrogen and oxygen atoms in total. The van der Waals surface area contributed by atoms with Gasteiger partial charge in [0.05, 0.1) is 27.3 Å². The Bertz CT molecular complexity index is 822. The number of carbonyl (C=O) groups is 3. The molecule has 1 atom stereocenters. The molecule has 2 fully saturated rings. The predicted octanol–water partition coefficient (Wildman–Crippen LogP) is 0.484. The van der Waals surface area contributed by atoms with Crippen LogP contribution in [0.1, 0.15) is 5.56 Å². The van der Waals surface area contributed by atoms with Gasteiger partial charge in [0.15, 0.2) is 0 Å². The minimum absolute atomic E-state index is 0.0911. The topological polar surface area (TPSA) is 125 Å². The Morgan fingerprint density at radius 2 is 1.74 bits per heavy atom. The molecule has 3 rings (SSSR count). The largest absolute Gasteiger partial charge is 0.468 e. The van der Waals surface area contributed by atoms with Gasteiger partial charge in [0.2, 0.25) is 0 Å². The molecule has 0 aromatic heterocycles. The average Bonchev–Trinajstić information content (AvgIpc) is 3.14. The summed E-state index contributed by atoms with van der Waals surface area (Å²) in [4.78, 5) is 40.8. The fraction of sp³-hybridized carbons (Fsp3) is 0.500. The Balaban J connectivity index is 1.50. The lowest BCUT2D eigenvalue weighted by atomic mass is 10.1. The highest BCUT2D eigenvalue weighted by atomic mass is 16.6. The molecule has 2 aliphatic rings. The highest BCUT2D eigenvalue weighted by molar-refractivity contribution is 6.04. The van der Waals surface area contributed by atoms with Crippen molar-refractivity contribution in [1.29, 1.82) is 5.41 Å². The van der Waals surface area contributed by atoms with E-state index in [2.05, 4.69) is 15.0 Å². The van der Waals surface area contributed by atoms with Crippen molar-refractivity contribution in [1.82, 2.24) is 15.1 Å². The maximum atomic E-state index is 12.3. The molecular weight excluding hydrogens is 406 g/mol. The quantitative estimate of drug-likeness (QED) is 0.287. The van der Waals surface area contributed by atoms with Crippen LogP contribution in [0.4, 0.5) is 15.3 Å². The van der Waals surface area contributed by atoms with E-state index >= 15 is 0 Å². The summed E-state index contributed by atoms with van der Waals surface area (Å²) in [5.74, 6) is -0.331. The van der Waals surface area contributed by atoms with Gasteiger partial charge >= 0.3 is 18.2 Å². The zero-order chi connectivity index (χ0) is 22.4. The highest BCUT2D eigenvalue weighted by Gasteiger charge is 2.34. The van der Waals surface area contributed by atoms with Crippen molar-refractivity contribution in [3.05, 3.63) is 29.8 Å². The van der Waals surface area contributed by atoms with Crippen LogP contribution in [0.2, 0.25) is 0 Å². The number of anilines is 1. The number of rotatable bonds is 6. The third-order valence-corrected chi connectivity index (χ3v) is 5.26. The molecule has 2 heterocycles. The van der Waals surface area contributed by atoms with Crippen molar-refractivity contribution in [3.63, 3.8) is 0 Å². The molecule has 2 saturated heterocycles. The summed E-state index contributed by atoms with van der Waals surface area (Å²) in [6.07, 6.45) is -1.38. The van der Waals surface area contributed by atoms with E-state index in [-0.39, 0.29) is 17.9 Å². The first-order valence-corrected chi connectivity index (χ1v) is 9.93. The number of amides is 2. The number of nitrogens with one attached hydrogen (secondary N) is 2. The van der Waals surface area contributed by atoms with Gasteiger partial charge in [0, 0.05) is 44.0 Å². The molecule has 0 bridgehead atoms. The number of piperazine rings is 1. The van der Waals surface area contributed by atoms with Crippen LogP contribution in [0.3, 0.4) is 0 Å². The van der Waals surface area contributed by atoms with Crippen LogP contribution in [0, 0.1) is 5.41 Å². The SMILES string of the molecule is COC(=O)CN1CCN(CC2CN(c3ccc(C(=N)NC(=O)OC)cc3)C(=O)O2)CC1. The third kappa shape index (κ3) is 5.92. The molecule has 0 saturated carbocycles. The first kappa shape index (κ1) is 22.5. The van der Waals surface area contributed by atoms with Gasteiger partial charge < -0.3 is 14.2 Å². The van der Waals surface area contributed by atoms with E-state index in [9.17, 15) is 14.4 Å². The van der Waals surface area contributed by atoms with Crippen LogP contribution in [0.15, 0.2) is 24.3 Å². The summed E-state index contributed by atoms with van der Waals surface area (Å²) in [7, 11) is 2.61. The van der Waals surface area contributed by atoms with E-state index in [1.165, 1.54) is 14.2 Å². The number of nitrogens with zero attached hydrogens (tertiary/aromatic N) is 3. The second-order valence-electron chi connectivity index (χ2n) is 7.31. The van der Waals surface area contributed by atoms with E-state index in [0.717, 1.165) is 26.2 Å². The summed E-state index contributed by atoms with van der Waals surface area (Å²) in [5, 5.41) is 10.2. The number of hydrogen-bond acceptors (Lipinski definition) is 9. The Morgan fingerprint density at radius 1 is 1.10 bits per heavy atom. The first-order valence-electron chi connectivity index (χ1n) is 9.93. The average molecular weight is 433 g/mol. The number of esters is 1. The molecule has 2 amide bonds. The minimum Gasteiger partial charge on any atom is -0.468 e. The van der Waals surface area contributed by atoms with Gasteiger partial charge in [-0.25, -0.2) is 9.59 Å². The Morgan fingerprint density at radius 3 is 2.35 bits per heavy atom. The van der Waals surface area contributed by atoms with Gasteiger partial charge in [-0.1, -0.05) is 0 Å². The number of carbonyl (C=O) groups excluding carboxylic acids is 3. The van der Waals surface area contributed by atoms with Crippen molar-refractivity contribution in [2.24, 2.45) is 0 Å². The number of alkyl carbamates (subject to hydrolysis) is 1. The molecule has 1 unspecified atom stereocenters. The fourth-order valence-electron chi connectivity index (χ4n) is 3.53. The lowest BCUT2D eigenvalue weighted by Gasteiger charge is -2.34. The second kappa shape index (κ2) is 10.2. The van der Waals surface area contributed by atoms with Gasteiger partial charge in [-0.3, -0.25) is 30.2 Å². The molecule has 31 heavy (non-hydrogen) atoms. The number of amidine groups is 1. The standard InChI is InChI=1S/C20H27N5O6/c1-29-17(26)13-24-9-7-23(8-10-24)11-16-12-25(20(28)31-16)15-5-3-14(4-6-15)18(21)22-19(27)30-2/h3-6,16H,7-13H2,1-2H3,(H2,21,22,27). The third-order valence-electron chi connectivity index (χ3n) is 5.26. The molecule has 2 aliphatic heterocycles. The lowest BCUT2D eigenvalue weighted by Crippen LogP contribution is -2.50. The smallest absolute Gasteiger partial charge is 0.414 e. The minimum atomic E-state index is -0.717. The van der Waals surface area contributed by atoms with Gasteiger partial charge in [-0.05, 0) is 24.3 Å².